The van der Waals surface area contributed by atoms with Crippen LogP contribution in [0.25, 0.3) is 11.1 Å². The summed E-state index contributed by atoms with van der Waals surface area (Å²) in [5.41, 5.74) is -4.58. The Balaban J connectivity index is 1.79. The third-order valence-electron chi connectivity index (χ3n) is 10.4. The Bertz CT molecular complexity index is 1730. The fourth-order valence-corrected chi connectivity index (χ4v) is 8.51. The average Bonchev–Trinajstić information content (AvgIpc) is 2.89. The van der Waals surface area contributed by atoms with Gasteiger partial charge in [-0.3, -0.25) is 14.4 Å². The van der Waals surface area contributed by atoms with Crippen LogP contribution in [-0.2, 0) is 21.9 Å². The summed E-state index contributed by atoms with van der Waals surface area (Å²) in [5.74, 6) is -8.94. The SMILES string of the molecule is CC(=O)C1=C(O)C(C(C)C)[C@@]2(C)C[C@@]3(C)Cc4c(C(C)C)cc(-c5ccc(C(C)(F)F)cc5)c(O)c4C(=O)C3=C(O)[C@@]2(O)C1=O. The van der Waals surface area contributed by atoms with Crippen LogP contribution in [0, 0.1) is 22.7 Å². The van der Waals surface area contributed by atoms with Gasteiger partial charge in [-0.05, 0) is 54.4 Å². The number of halogens is 2. The molecule has 5 rings (SSSR count). The predicted molar refractivity (Wildman–Crippen MR) is 164 cm³/mol. The molecule has 4 N–H and O–H groups in total. The van der Waals surface area contributed by atoms with Crippen molar-refractivity contribution in [2.24, 2.45) is 22.7 Å². The molecular weight excluding hydrogens is 582 g/mol. The average molecular weight is 623 g/mol. The first kappa shape index (κ1) is 32.5. The van der Waals surface area contributed by atoms with E-state index in [-0.39, 0.29) is 46.9 Å². The molecule has 2 aromatic carbocycles. The van der Waals surface area contributed by atoms with Crippen molar-refractivity contribution in [3.05, 3.63) is 75.3 Å². The monoisotopic (exact) mass is 622 g/mol. The molecule has 3 aliphatic carbocycles. The Labute approximate surface area is 261 Å². The van der Waals surface area contributed by atoms with Crippen LogP contribution in [-0.4, -0.2) is 43.4 Å². The van der Waals surface area contributed by atoms with Gasteiger partial charge in [0.1, 0.15) is 22.8 Å². The number of carbonyl (C=O) groups is 3. The molecule has 3 aliphatic rings. The first-order chi connectivity index (χ1) is 20.6. The van der Waals surface area contributed by atoms with Gasteiger partial charge in [0.05, 0.1) is 5.56 Å². The Hall–Kier alpha value is -3.85. The van der Waals surface area contributed by atoms with E-state index >= 15 is 0 Å². The van der Waals surface area contributed by atoms with Gasteiger partial charge in [0.2, 0.25) is 5.78 Å². The van der Waals surface area contributed by atoms with Gasteiger partial charge in [0.25, 0.3) is 5.92 Å². The first-order valence-electron chi connectivity index (χ1n) is 15.2. The zero-order chi connectivity index (χ0) is 33.8. The van der Waals surface area contributed by atoms with Crippen molar-refractivity contribution in [1.82, 2.24) is 0 Å². The van der Waals surface area contributed by atoms with Gasteiger partial charge >= 0.3 is 0 Å². The van der Waals surface area contributed by atoms with E-state index in [0.717, 1.165) is 19.4 Å². The van der Waals surface area contributed by atoms with E-state index in [0.29, 0.717) is 11.1 Å². The van der Waals surface area contributed by atoms with Crippen LogP contribution in [0.1, 0.15) is 94.8 Å². The zero-order valence-corrected chi connectivity index (χ0v) is 26.8. The van der Waals surface area contributed by atoms with Crippen LogP contribution in [0.15, 0.2) is 53.0 Å². The maximum atomic E-state index is 14.5. The van der Waals surface area contributed by atoms with Crippen molar-refractivity contribution in [1.29, 1.82) is 0 Å². The van der Waals surface area contributed by atoms with Gasteiger partial charge in [-0.2, -0.15) is 0 Å². The van der Waals surface area contributed by atoms with Crippen LogP contribution in [0.2, 0.25) is 0 Å². The molecule has 1 unspecified atom stereocenters. The normalized spacial score (nSPS) is 28.4. The van der Waals surface area contributed by atoms with Gasteiger partial charge in [-0.25, -0.2) is 8.78 Å². The Morgan fingerprint density at radius 3 is 2.09 bits per heavy atom. The summed E-state index contributed by atoms with van der Waals surface area (Å²) in [6, 6.07) is 7.14. The minimum Gasteiger partial charge on any atom is -0.511 e. The number of benzene rings is 2. The third-order valence-corrected chi connectivity index (χ3v) is 10.4. The summed E-state index contributed by atoms with van der Waals surface area (Å²) in [6.07, 6.45) is 0.155. The number of ketones is 3. The number of Topliss-reactive ketones (excluding diaryl/α,β-unsaturated/α-hetero) is 3. The molecule has 0 amide bonds. The fourth-order valence-electron chi connectivity index (χ4n) is 8.51. The van der Waals surface area contributed by atoms with E-state index in [1.807, 2.05) is 13.8 Å². The highest BCUT2D eigenvalue weighted by Gasteiger charge is 2.71. The number of allylic oxidation sites excluding steroid dienone is 2. The topological polar surface area (TPSA) is 132 Å². The Kier molecular flexibility index (Phi) is 7.29. The summed E-state index contributed by atoms with van der Waals surface area (Å²) >= 11 is 0. The summed E-state index contributed by atoms with van der Waals surface area (Å²) in [4.78, 5) is 41.0. The van der Waals surface area contributed by atoms with Crippen LogP contribution < -0.4 is 0 Å². The summed E-state index contributed by atoms with van der Waals surface area (Å²) < 4.78 is 27.8. The molecule has 0 radical (unpaired) electrons. The number of fused-ring (bicyclic) bond motifs is 3. The van der Waals surface area contributed by atoms with Crippen molar-refractivity contribution >= 4 is 17.3 Å². The lowest BCUT2D eigenvalue weighted by atomic mass is 9.44. The molecule has 2 aromatic rings. The molecule has 0 bridgehead atoms. The summed E-state index contributed by atoms with van der Waals surface area (Å²) in [5, 5.41) is 47.1. The lowest BCUT2D eigenvalue weighted by Gasteiger charge is -2.59. The lowest BCUT2D eigenvalue weighted by molar-refractivity contribution is -0.171. The standard InChI is InChI=1S/C36H40F2O7/c1-16(2)21-13-22(19-9-11-20(12-10-19)35(8,37)38)28(40)25-23(21)14-33(6)15-34(7)26(17(3)4)29(41)24(18(5)39)31(43)36(34,45)32(44)27(33)30(25)42/h9-13,16-17,26,40-41,44-45H,14-15H2,1-8H3/t26?,33-,34-,36+/m1/s1. The molecule has 240 valence electrons. The number of phenols is 1. The Morgan fingerprint density at radius 2 is 1.60 bits per heavy atom. The second-order valence-corrected chi connectivity index (χ2v) is 14.3. The number of aromatic hydroxyl groups is 1. The van der Waals surface area contributed by atoms with Crippen molar-refractivity contribution in [2.45, 2.75) is 85.7 Å². The van der Waals surface area contributed by atoms with Gasteiger partial charge in [0, 0.05) is 40.4 Å². The second-order valence-electron chi connectivity index (χ2n) is 14.3. The van der Waals surface area contributed by atoms with E-state index in [9.17, 15) is 43.6 Å². The van der Waals surface area contributed by atoms with Crippen molar-refractivity contribution < 1.29 is 43.6 Å². The number of hydrogen-bond acceptors (Lipinski definition) is 7. The van der Waals surface area contributed by atoms with E-state index in [1.54, 1.807) is 33.8 Å². The van der Waals surface area contributed by atoms with Gasteiger partial charge in [-0.15, -0.1) is 0 Å². The molecule has 45 heavy (non-hydrogen) atoms. The molecular formula is C36H40F2O7. The minimum absolute atomic E-state index is 0.00234. The second kappa shape index (κ2) is 10.1. The number of phenolic OH excluding ortho intramolecular Hbond substituents is 1. The number of alkyl halides is 2. The van der Waals surface area contributed by atoms with Crippen molar-refractivity contribution in [3.8, 4) is 16.9 Å². The molecule has 0 saturated heterocycles. The first-order valence-corrected chi connectivity index (χ1v) is 15.2. The fraction of sp³-hybridized carbons (Fsp3) is 0.472. The molecule has 7 nitrogen and oxygen atoms in total. The van der Waals surface area contributed by atoms with Gasteiger partial charge in [0.15, 0.2) is 17.2 Å². The van der Waals surface area contributed by atoms with Gasteiger partial charge < -0.3 is 20.4 Å². The smallest absolute Gasteiger partial charge is 0.270 e. The van der Waals surface area contributed by atoms with Crippen molar-refractivity contribution in [3.63, 3.8) is 0 Å². The molecule has 9 heteroatoms. The van der Waals surface area contributed by atoms with E-state index in [4.69, 9.17) is 0 Å². The highest BCUT2D eigenvalue weighted by atomic mass is 19.3. The van der Waals surface area contributed by atoms with E-state index < -0.39 is 68.5 Å². The largest absolute Gasteiger partial charge is 0.511 e. The van der Waals surface area contributed by atoms with Crippen LogP contribution in [0.4, 0.5) is 8.78 Å². The maximum Gasteiger partial charge on any atom is 0.270 e. The van der Waals surface area contributed by atoms with Crippen LogP contribution >= 0.6 is 0 Å². The molecule has 4 atom stereocenters. The van der Waals surface area contributed by atoms with Crippen LogP contribution in [0.5, 0.6) is 5.75 Å². The van der Waals surface area contributed by atoms with Crippen molar-refractivity contribution in [2.75, 3.05) is 0 Å². The van der Waals surface area contributed by atoms with Gasteiger partial charge in [-0.1, -0.05) is 65.8 Å². The summed E-state index contributed by atoms with van der Waals surface area (Å²) in [6.45, 7) is 12.6. The zero-order valence-electron chi connectivity index (χ0n) is 26.8. The number of rotatable bonds is 5. The molecule has 0 aromatic heterocycles. The third kappa shape index (κ3) is 4.33. The minimum atomic E-state index is -3.07. The van der Waals surface area contributed by atoms with E-state index in [2.05, 4.69) is 0 Å². The maximum absolute atomic E-state index is 14.5. The molecule has 0 spiro atoms. The number of aliphatic hydroxyl groups excluding tert-OH is 2. The van der Waals surface area contributed by atoms with Crippen LogP contribution in [0.3, 0.4) is 0 Å². The molecule has 0 fully saturated rings. The highest BCUT2D eigenvalue weighted by Crippen LogP contribution is 2.65. The quantitative estimate of drug-likeness (QED) is 0.258. The van der Waals surface area contributed by atoms with E-state index in [1.165, 1.54) is 24.3 Å². The Morgan fingerprint density at radius 1 is 1.02 bits per heavy atom. The lowest BCUT2D eigenvalue weighted by Crippen LogP contribution is -2.67. The summed E-state index contributed by atoms with van der Waals surface area (Å²) in [7, 11) is 0. The number of aliphatic hydroxyl groups is 3. The molecule has 0 aliphatic heterocycles. The predicted octanol–water partition coefficient (Wildman–Crippen LogP) is 7.25. The highest BCUT2D eigenvalue weighted by molar-refractivity contribution is 6.25. The number of carbonyl (C=O) groups excluding carboxylic acids is 3. The number of hydrogen-bond donors (Lipinski definition) is 4. The molecule has 0 heterocycles. The molecule has 0 saturated carbocycles.